The Balaban J connectivity index is 1.66. The molecule has 1 N–H and O–H groups in total. The van der Waals surface area contributed by atoms with Gasteiger partial charge in [0.15, 0.2) is 5.82 Å². The number of hydrogen-bond acceptors (Lipinski definition) is 4. The second kappa shape index (κ2) is 8.32. The lowest BCUT2D eigenvalue weighted by molar-refractivity contribution is 0.199. The molecule has 2 heterocycles. The zero-order chi connectivity index (χ0) is 20.4. The van der Waals surface area contributed by atoms with Gasteiger partial charge < -0.3 is 4.57 Å². The fourth-order valence-corrected chi connectivity index (χ4v) is 3.69. The summed E-state index contributed by atoms with van der Waals surface area (Å²) in [4.78, 5) is 11.3. The minimum atomic E-state index is -0.0716. The molecule has 4 aromatic rings. The molecule has 1 unspecified atom stereocenters. The van der Waals surface area contributed by atoms with Crippen molar-refractivity contribution in [2.24, 2.45) is 7.05 Å². The third-order valence-corrected chi connectivity index (χ3v) is 5.38. The molecule has 0 saturated carbocycles. The SMILES string of the molecule is CN(Cn1[nH]c(-c2ccccc2)nc1=S)C(c1ccc(Cl)cc1)c1nccn1C. The maximum atomic E-state index is 6.10. The number of aromatic amines is 1. The van der Waals surface area contributed by atoms with Gasteiger partial charge in [-0.2, -0.15) is 4.98 Å². The third kappa shape index (κ3) is 4.17. The minimum absolute atomic E-state index is 0.0716. The van der Waals surface area contributed by atoms with Gasteiger partial charge in [0.25, 0.3) is 0 Å². The summed E-state index contributed by atoms with van der Waals surface area (Å²) in [7, 11) is 4.03. The summed E-state index contributed by atoms with van der Waals surface area (Å²) in [5.74, 6) is 1.69. The molecular formula is C21H21ClN6S. The first kappa shape index (κ1) is 19.6. The molecular weight excluding hydrogens is 404 g/mol. The Hall–Kier alpha value is -2.74. The van der Waals surface area contributed by atoms with E-state index in [2.05, 4.69) is 20.0 Å². The molecule has 0 fully saturated rings. The Morgan fingerprint density at radius 1 is 1.14 bits per heavy atom. The zero-order valence-electron chi connectivity index (χ0n) is 16.2. The monoisotopic (exact) mass is 424 g/mol. The normalized spacial score (nSPS) is 12.4. The second-order valence-electron chi connectivity index (χ2n) is 6.90. The van der Waals surface area contributed by atoms with Crippen molar-refractivity contribution in [1.29, 1.82) is 0 Å². The predicted molar refractivity (Wildman–Crippen MR) is 117 cm³/mol. The van der Waals surface area contributed by atoms with Crippen LogP contribution in [0, 0.1) is 4.77 Å². The van der Waals surface area contributed by atoms with Crippen LogP contribution in [0.4, 0.5) is 0 Å². The summed E-state index contributed by atoms with van der Waals surface area (Å²) in [6, 6.07) is 17.7. The van der Waals surface area contributed by atoms with Crippen molar-refractivity contribution < 1.29 is 0 Å². The van der Waals surface area contributed by atoms with E-state index < -0.39 is 0 Å². The van der Waals surface area contributed by atoms with Crippen molar-refractivity contribution >= 4 is 23.8 Å². The lowest BCUT2D eigenvalue weighted by atomic mass is 10.1. The Labute approximate surface area is 179 Å². The number of benzene rings is 2. The van der Waals surface area contributed by atoms with Crippen molar-refractivity contribution in [1.82, 2.24) is 29.2 Å². The highest BCUT2D eigenvalue weighted by molar-refractivity contribution is 7.71. The first-order valence-corrected chi connectivity index (χ1v) is 9.97. The van der Waals surface area contributed by atoms with Crippen LogP contribution in [-0.2, 0) is 13.7 Å². The molecule has 0 aliphatic rings. The average molecular weight is 425 g/mol. The Bertz CT molecular complexity index is 1150. The fraction of sp³-hybridized carbons (Fsp3) is 0.190. The van der Waals surface area contributed by atoms with Gasteiger partial charge in [-0.25, -0.2) is 9.67 Å². The quantitative estimate of drug-likeness (QED) is 0.457. The number of H-pyrrole nitrogens is 1. The molecule has 8 heteroatoms. The fourth-order valence-electron chi connectivity index (χ4n) is 3.37. The Morgan fingerprint density at radius 3 is 2.52 bits per heavy atom. The van der Waals surface area contributed by atoms with E-state index in [1.54, 1.807) is 6.20 Å². The molecule has 0 aliphatic carbocycles. The zero-order valence-corrected chi connectivity index (χ0v) is 17.7. The van der Waals surface area contributed by atoms with E-state index in [0.29, 0.717) is 16.5 Å². The summed E-state index contributed by atoms with van der Waals surface area (Å²) < 4.78 is 4.39. The van der Waals surface area contributed by atoms with Crippen LogP contribution in [0.3, 0.4) is 0 Å². The lowest BCUT2D eigenvalue weighted by Gasteiger charge is -2.28. The molecule has 2 aromatic heterocycles. The first-order valence-electron chi connectivity index (χ1n) is 9.18. The van der Waals surface area contributed by atoms with Gasteiger partial charge in [-0.15, -0.1) is 0 Å². The van der Waals surface area contributed by atoms with Crippen LogP contribution in [0.1, 0.15) is 17.4 Å². The van der Waals surface area contributed by atoms with E-state index in [-0.39, 0.29) is 6.04 Å². The van der Waals surface area contributed by atoms with Gasteiger partial charge in [0, 0.05) is 30.0 Å². The number of hydrogen-bond donors (Lipinski definition) is 1. The number of aryl methyl sites for hydroxylation is 1. The highest BCUT2D eigenvalue weighted by atomic mass is 35.5. The number of rotatable bonds is 6. The second-order valence-corrected chi connectivity index (χ2v) is 7.70. The van der Waals surface area contributed by atoms with Crippen molar-refractivity contribution in [3.8, 4) is 11.4 Å². The van der Waals surface area contributed by atoms with Crippen LogP contribution < -0.4 is 0 Å². The molecule has 0 bridgehead atoms. The molecule has 29 heavy (non-hydrogen) atoms. The number of aromatic nitrogens is 5. The van der Waals surface area contributed by atoms with Gasteiger partial charge in [-0.05, 0) is 37.0 Å². The number of halogens is 1. The van der Waals surface area contributed by atoms with Crippen LogP contribution in [0.25, 0.3) is 11.4 Å². The van der Waals surface area contributed by atoms with Gasteiger partial charge in [0.2, 0.25) is 4.77 Å². The Kier molecular flexibility index (Phi) is 5.62. The molecule has 1 atom stereocenters. The van der Waals surface area contributed by atoms with Crippen LogP contribution in [0.5, 0.6) is 0 Å². The standard InChI is InChI=1S/C21H21ClN6S/c1-26-13-12-23-20(26)18(15-8-10-17(22)11-9-15)27(2)14-28-21(29)24-19(25-28)16-6-4-3-5-7-16/h3-13,18H,14H2,1-2H3,(H,24,25,29). The maximum absolute atomic E-state index is 6.10. The molecule has 148 valence electrons. The predicted octanol–water partition coefficient (Wildman–Crippen LogP) is 4.67. The van der Waals surface area contributed by atoms with Gasteiger partial charge in [-0.1, -0.05) is 54.1 Å². The van der Waals surface area contributed by atoms with Gasteiger partial charge in [0.05, 0.1) is 12.7 Å². The molecule has 0 amide bonds. The number of imidazole rings is 1. The Morgan fingerprint density at radius 2 is 1.86 bits per heavy atom. The topological polar surface area (TPSA) is 54.7 Å². The van der Waals surface area contributed by atoms with E-state index in [4.69, 9.17) is 23.8 Å². The molecule has 6 nitrogen and oxygen atoms in total. The molecule has 0 saturated heterocycles. The summed E-state index contributed by atoms with van der Waals surface area (Å²) in [5.41, 5.74) is 2.10. The van der Waals surface area contributed by atoms with E-state index in [9.17, 15) is 0 Å². The van der Waals surface area contributed by atoms with E-state index >= 15 is 0 Å². The summed E-state index contributed by atoms with van der Waals surface area (Å²) in [5, 5.41) is 4.02. The van der Waals surface area contributed by atoms with Crippen LogP contribution >= 0.6 is 23.8 Å². The van der Waals surface area contributed by atoms with Gasteiger partial charge in [0.1, 0.15) is 5.82 Å². The molecule has 4 rings (SSSR count). The van der Waals surface area contributed by atoms with E-state index in [1.165, 1.54) is 0 Å². The molecule has 0 spiro atoms. The van der Waals surface area contributed by atoms with Crippen LogP contribution in [0.2, 0.25) is 5.02 Å². The van der Waals surface area contributed by atoms with Crippen LogP contribution in [0.15, 0.2) is 67.0 Å². The average Bonchev–Trinajstić information content (AvgIpc) is 3.30. The highest BCUT2D eigenvalue weighted by Crippen LogP contribution is 2.28. The van der Waals surface area contributed by atoms with Crippen molar-refractivity contribution in [2.45, 2.75) is 12.7 Å². The van der Waals surface area contributed by atoms with Crippen LogP contribution in [-0.4, -0.2) is 36.3 Å². The highest BCUT2D eigenvalue weighted by Gasteiger charge is 2.24. The molecule has 0 radical (unpaired) electrons. The summed E-state index contributed by atoms with van der Waals surface area (Å²) in [6.07, 6.45) is 3.75. The maximum Gasteiger partial charge on any atom is 0.217 e. The first-order chi connectivity index (χ1) is 14.0. The van der Waals surface area contributed by atoms with E-state index in [0.717, 1.165) is 22.8 Å². The summed E-state index contributed by atoms with van der Waals surface area (Å²) >= 11 is 11.6. The number of nitrogens with one attached hydrogen (secondary N) is 1. The molecule has 0 aliphatic heterocycles. The lowest BCUT2D eigenvalue weighted by Crippen LogP contribution is -2.30. The van der Waals surface area contributed by atoms with Crippen molar-refractivity contribution in [3.63, 3.8) is 0 Å². The largest absolute Gasteiger partial charge is 0.336 e. The van der Waals surface area contributed by atoms with E-state index in [1.807, 2.05) is 84.1 Å². The van der Waals surface area contributed by atoms with Gasteiger partial charge in [-0.3, -0.25) is 10.00 Å². The number of nitrogens with zero attached hydrogens (tertiary/aromatic N) is 5. The van der Waals surface area contributed by atoms with Crippen molar-refractivity contribution in [2.75, 3.05) is 7.05 Å². The van der Waals surface area contributed by atoms with Gasteiger partial charge >= 0.3 is 0 Å². The smallest absolute Gasteiger partial charge is 0.217 e. The van der Waals surface area contributed by atoms with Crippen molar-refractivity contribution in [3.05, 3.63) is 88.2 Å². The summed E-state index contributed by atoms with van der Waals surface area (Å²) in [6.45, 7) is 0.527. The minimum Gasteiger partial charge on any atom is -0.336 e. The third-order valence-electron chi connectivity index (χ3n) is 4.82. The molecule has 2 aromatic carbocycles.